The molecule has 1 fully saturated rings. The fraction of sp³-hybridized carbons (Fsp3) is 1.00. The molecule has 1 rings (SSSR count). The first-order valence-corrected chi connectivity index (χ1v) is 5.08. The summed E-state index contributed by atoms with van der Waals surface area (Å²) in [6.07, 6.45) is 4.18. The normalized spacial score (nSPS) is 26.5. The minimum Gasteiger partial charge on any atom is -0.341 e. The van der Waals surface area contributed by atoms with Gasteiger partial charge in [0, 0.05) is 6.42 Å². The maximum Gasteiger partial charge on any atom is 0.127 e. The van der Waals surface area contributed by atoms with Crippen molar-refractivity contribution in [2.45, 2.75) is 26.2 Å². The van der Waals surface area contributed by atoms with Crippen molar-refractivity contribution in [3.63, 3.8) is 0 Å². The van der Waals surface area contributed by atoms with Crippen molar-refractivity contribution >= 4 is 0 Å². The Bertz CT molecular complexity index is 85.6. The van der Waals surface area contributed by atoms with E-state index in [4.69, 9.17) is 0 Å². The summed E-state index contributed by atoms with van der Waals surface area (Å²) in [6.45, 7) is 9.19. The van der Waals surface area contributed by atoms with Gasteiger partial charge in [-0.05, 0) is 6.42 Å². The van der Waals surface area contributed by atoms with Crippen LogP contribution in [0.15, 0.2) is 0 Å². The van der Waals surface area contributed by atoms with E-state index >= 15 is 0 Å². The summed E-state index contributed by atoms with van der Waals surface area (Å²) in [4.78, 5) is 1.83. The largest absolute Gasteiger partial charge is 0.341 e. The third-order valence-electron chi connectivity index (χ3n) is 2.52. The second kappa shape index (κ2) is 5.56. The summed E-state index contributed by atoms with van der Waals surface area (Å²) in [6, 6.07) is 0. The van der Waals surface area contributed by atoms with Crippen molar-refractivity contribution in [2.24, 2.45) is 0 Å². The van der Waals surface area contributed by atoms with E-state index in [0.717, 1.165) is 0 Å². The van der Waals surface area contributed by atoms with Crippen LogP contribution in [0.4, 0.5) is 0 Å². The van der Waals surface area contributed by atoms with Gasteiger partial charge in [-0.3, -0.25) is 0 Å². The highest BCUT2D eigenvalue weighted by atomic mass is 15.1. The van der Waals surface area contributed by atoms with E-state index < -0.39 is 0 Å². The third kappa shape index (κ3) is 3.73. The molecule has 0 aromatic carbocycles. The molecule has 0 amide bonds. The average Bonchev–Trinajstić information content (AvgIpc) is 2.28. The summed E-state index contributed by atoms with van der Waals surface area (Å²) in [5, 5.41) is 2.46. The second-order valence-corrected chi connectivity index (χ2v) is 3.57. The Morgan fingerprint density at radius 3 is 3.00 bits per heavy atom. The lowest BCUT2D eigenvalue weighted by Gasteiger charge is -2.14. The molecule has 66 valence electrons. The van der Waals surface area contributed by atoms with Crippen LogP contribution in [0.5, 0.6) is 0 Å². The van der Waals surface area contributed by atoms with E-state index in [1.807, 2.05) is 4.90 Å². The van der Waals surface area contributed by atoms with Crippen molar-refractivity contribution in [3.8, 4) is 0 Å². The van der Waals surface area contributed by atoms with Gasteiger partial charge in [0.2, 0.25) is 0 Å². The van der Waals surface area contributed by atoms with Gasteiger partial charge in [0.15, 0.2) is 0 Å². The SMILES string of the molecule is CCCC[NH+]1CCC[NH2+]CC1. The van der Waals surface area contributed by atoms with E-state index in [9.17, 15) is 0 Å². The van der Waals surface area contributed by atoms with E-state index in [2.05, 4.69) is 12.2 Å². The lowest BCUT2D eigenvalue weighted by Crippen LogP contribution is -3.13. The Labute approximate surface area is 70.0 Å². The average molecular weight is 158 g/mol. The predicted molar refractivity (Wildman–Crippen MR) is 46.7 cm³/mol. The summed E-state index contributed by atoms with van der Waals surface area (Å²) in [5.74, 6) is 0. The number of quaternary nitrogens is 2. The van der Waals surface area contributed by atoms with Crippen molar-refractivity contribution in [3.05, 3.63) is 0 Å². The molecule has 1 atom stereocenters. The topological polar surface area (TPSA) is 21.1 Å². The van der Waals surface area contributed by atoms with Gasteiger partial charge in [-0.15, -0.1) is 0 Å². The van der Waals surface area contributed by atoms with Crippen LogP contribution < -0.4 is 10.2 Å². The zero-order chi connectivity index (χ0) is 7.94. The molecular formula is C9H22N2+2. The molecule has 11 heavy (non-hydrogen) atoms. The first-order chi connectivity index (χ1) is 5.43. The van der Waals surface area contributed by atoms with E-state index in [1.54, 1.807) is 0 Å². The lowest BCUT2D eigenvalue weighted by molar-refractivity contribution is -0.904. The zero-order valence-corrected chi connectivity index (χ0v) is 7.73. The number of nitrogens with one attached hydrogen (secondary N) is 1. The van der Waals surface area contributed by atoms with Gasteiger partial charge < -0.3 is 10.2 Å². The van der Waals surface area contributed by atoms with Gasteiger partial charge in [-0.1, -0.05) is 13.3 Å². The quantitative estimate of drug-likeness (QED) is 0.506. The molecule has 1 saturated heterocycles. The Morgan fingerprint density at radius 2 is 2.18 bits per heavy atom. The first-order valence-electron chi connectivity index (χ1n) is 5.08. The standard InChI is InChI=1S/C9H20N2/c1-2-3-7-11-8-4-5-10-6-9-11/h10H,2-9H2,1H3/p+2. The second-order valence-electron chi connectivity index (χ2n) is 3.57. The highest BCUT2D eigenvalue weighted by Crippen LogP contribution is 1.79. The van der Waals surface area contributed by atoms with Crippen LogP contribution in [-0.4, -0.2) is 32.7 Å². The predicted octanol–water partition coefficient (Wildman–Crippen LogP) is -1.36. The van der Waals surface area contributed by atoms with Crippen LogP contribution in [0.25, 0.3) is 0 Å². The molecule has 1 unspecified atom stereocenters. The summed E-state index contributed by atoms with van der Waals surface area (Å²) < 4.78 is 0. The fourth-order valence-corrected chi connectivity index (χ4v) is 1.75. The van der Waals surface area contributed by atoms with Gasteiger partial charge in [-0.2, -0.15) is 0 Å². The van der Waals surface area contributed by atoms with Crippen LogP contribution in [0.1, 0.15) is 26.2 Å². The molecule has 3 N–H and O–H groups in total. The molecule has 1 aliphatic heterocycles. The molecule has 0 saturated carbocycles. The first kappa shape index (κ1) is 9.01. The number of hydrogen-bond acceptors (Lipinski definition) is 0. The molecule has 0 spiro atoms. The molecule has 1 aliphatic rings. The number of hydrogen-bond donors (Lipinski definition) is 2. The van der Waals surface area contributed by atoms with Crippen LogP contribution >= 0.6 is 0 Å². The van der Waals surface area contributed by atoms with Crippen molar-refractivity contribution < 1.29 is 10.2 Å². The van der Waals surface area contributed by atoms with Gasteiger partial charge in [0.1, 0.15) is 13.1 Å². The zero-order valence-electron chi connectivity index (χ0n) is 7.73. The Balaban J connectivity index is 2.09. The van der Waals surface area contributed by atoms with Crippen molar-refractivity contribution in [1.82, 2.24) is 0 Å². The highest BCUT2D eigenvalue weighted by molar-refractivity contribution is 4.37. The third-order valence-corrected chi connectivity index (χ3v) is 2.52. The molecule has 0 bridgehead atoms. The van der Waals surface area contributed by atoms with Crippen LogP contribution in [0, 0.1) is 0 Å². The van der Waals surface area contributed by atoms with Crippen LogP contribution in [0.2, 0.25) is 0 Å². The minimum absolute atomic E-state index is 1.35. The van der Waals surface area contributed by atoms with E-state index in [0.29, 0.717) is 0 Å². The number of unbranched alkanes of at least 4 members (excludes halogenated alkanes) is 1. The van der Waals surface area contributed by atoms with Crippen molar-refractivity contribution in [1.29, 1.82) is 0 Å². The number of rotatable bonds is 3. The highest BCUT2D eigenvalue weighted by Gasteiger charge is 2.11. The summed E-state index contributed by atoms with van der Waals surface area (Å²) in [5.41, 5.74) is 0. The monoisotopic (exact) mass is 158 g/mol. The van der Waals surface area contributed by atoms with Crippen LogP contribution in [0.3, 0.4) is 0 Å². The van der Waals surface area contributed by atoms with E-state index in [1.165, 1.54) is 52.0 Å². The maximum absolute atomic E-state index is 2.46. The molecule has 0 aliphatic carbocycles. The molecule has 1 heterocycles. The summed E-state index contributed by atoms with van der Waals surface area (Å²) >= 11 is 0. The Hall–Kier alpha value is -0.0800. The lowest BCUT2D eigenvalue weighted by atomic mass is 10.3. The van der Waals surface area contributed by atoms with Gasteiger partial charge >= 0.3 is 0 Å². The fourth-order valence-electron chi connectivity index (χ4n) is 1.75. The Kier molecular flexibility index (Phi) is 4.55. The Morgan fingerprint density at radius 1 is 1.27 bits per heavy atom. The van der Waals surface area contributed by atoms with E-state index in [-0.39, 0.29) is 0 Å². The van der Waals surface area contributed by atoms with Crippen LogP contribution in [-0.2, 0) is 0 Å². The van der Waals surface area contributed by atoms with Gasteiger partial charge in [0.05, 0.1) is 19.6 Å². The molecule has 0 aromatic rings. The van der Waals surface area contributed by atoms with Gasteiger partial charge in [-0.25, -0.2) is 0 Å². The molecule has 2 nitrogen and oxygen atoms in total. The molecular weight excluding hydrogens is 136 g/mol. The smallest absolute Gasteiger partial charge is 0.127 e. The molecule has 2 heteroatoms. The van der Waals surface area contributed by atoms with Gasteiger partial charge in [0.25, 0.3) is 0 Å². The molecule has 0 radical (unpaired) electrons. The summed E-state index contributed by atoms with van der Waals surface area (Å²) in [7, 11) is 0. The molecule has 0 aromatic heterocycles. The van der Waals surface area contributed by atoms with Crippen molar-refractivity contribution in [2.75, 3.05) is 32.7 Å². The maximum atomic E-state index is 2.46. The minimum atomic E-state index is 1.35. The number of nitrogens with two attached hydrogens (primary N) is 1.